The molecule has 0 unspecified atom stereocenters. The summed E-state index contributed by atoms with van der Waals surface area (Å²) in [6.45, 7) is 0.452. The number of benzene rings is 2. The standard InChI is InChI=1S/C22H23N3O7/c1-31-21(27)19(8-5-11-23-22(28)32-14-15-6-3-2-4-7-15)24-13-16-12-17(25(29)30)9-10-18(16)20(24)26/h2-4,6-7,9-10,12,19H,5,8,11,13-14H2,1H3,(H,23,28)/t19-/m0/s1. The first-order valence-electron chi connectivity index (χ1n) is 10.0. The van der Waals surface area contributed by atoms with Crippen LogP contribution in [0, 0.1) is 10.1 Å². The zero-order chi connectivity index (χ0) is 23.1. The molecule has 2 amide bonds. The van der Waals surface area contributed by atoms with Crippen molar-refractivity contribution in [1.82, 2.24) is 10.2 Å². The molecular formula is C22H23N3O7. The van der Waals surface area contributed by atoms with Crippen molar-refractivity contribution in [2.75, 3.05) is 13.7 Å². The van der Waals surface area contributed by atoms with Gasteiger partial charge in [0.2, 0.25) is 0 Å². The van der Waals surface area contributed by atoms with E-state index in [9.17, 15) is 24.5 Å². The molecule has 0 aliphatic carbocycles. The van der Waals surface area contributed by atoms with E-state index in [4.69, 9.17) is 9.47 Å². The maximum atomic E-state index is 12.8. The minimum absolute atomic E-state index is 0.0716. The number of non-ortho nitro benzene ring substituents is 1. The van der Waals surface area contributed by atoms with Crippen LogP contribution in [-0.2, 0) is 27.4 Å². The van der Waals surface area contributed by atoms with Gasteiger partial charge in [0.25, 0.3) is 11.6 Å². The Morgan fingerprint density at radius 3 is 2.66 bits per heavy atom. The smallest absolute Gasteiger partial charge is 0.407 e. The topological polar surface area (TPSA) is 128 Å². The fourth-order valence-electron chi connectivity index (χ4n) is 3.49. The van der Waals surface area contributed by atoms with Gasteiger partial charge in [-0.05, 0) is 30.0 Å². The van der Waals surface area contributed by atoms with E-state index >= 15 is 0 Å². The molecule has 10 heteroatoms. The van der Waals surface area contributed by atoms with Crippen LogP contribution in [0.3, 0.4) is 0 Å². The van der Waals surface area contributed by atoms with Crippen LogP contribution in [0.15, 0.2) is 48.5 Å². The summed E-state index contributed by atoms with van der Waals surface area (Å²) in [5.41, 5.74) is 1.56. The van der Waals surface area contributed by atoms with E-state index in [0.29, 0.717) is 17.5 Å². The number of nitrogens with zero attached hydrogens (tertiary/aromatic N) is 2. The number of nitro benzene ring substituents is 1. The van der Waals surface area contributed by atoms with Crippen molar-refractivity contribution >= 4 is 23.7 Å². The minimum Gasteiger partial charge on any atom is -0.467 e. The summed E-state index contributed by atoms with van der Waals surface area (Å²) in [6.07, 6.45) is 0.0499. The highest BCUT2D eigenvalue weighted by Crippen LogP contribution is 2.29. The molecule has 0 aromatic heterocycles. The van der Waals surface area contributed by atoms with Crippen molar-refractivity contribution in [3.63, 3.8) is 0 Å². The first-order valence-corrected chi connectivity index (χ1v) is 10.0. The second-order valence-electron chi connectivity index (χ2n) is 7.20. The fraction of sp³-hybridized carbons (Fsp3) is 0.318. The predicted octanol–water partition coefficient (Wildman–Crippen LogP) is 2.80. The number of nitrogens with one attached hydrogen (secondary N) is 1. The van der Waals surface area contributed by atoms with Gasteiger partial charge in [-0.1, -0.05) is 30.3 Å². The molecule has 0 radical (unpaired) electrons. The lowest BCUT2D eigenvalue weighted by Crippen LogP contribution is -2.42. The second kappa shape index (κ2) is 10.4. The first kappa shape index (κ1) is 22.7. The van der Waals surface area contributed by atoms with Crippen LogP contribution in [0.2, 0.25) is 0 Å². The number of fused-ring (bicyclic) bond motifs is 1. The molecule has 2 aromatic rings. The zero-order valence-electron chi connectivity index (χ0n) is 17.5. The number of hydrogen-bond donors (Lipinski definition) is 1. The van der Waals surface area contributed by atoms with E-state index in [-0.39, 0.29) is 37.7 Å². The van der Waals surface area contributed by atoms with Gasteiger partial charge in [0.05, 0.1) is 12.0 Å². The number of alkyl carbamates (subject to hydrolysis) is 1. The lowest BCUT2D eigenvalue weighted by atomic mass is 10.1. The number of rotatable bonds is 9. The SMILES string of the molecule is COC(=O)[C@H](CCCNC(=O)OCc1ccccc1)N1Cc2cc([N+](=O)[O-])ccc2C1=O. The van der Waals surface area contributed by atoms with Crippen LogP contribution in [0.1, 0.15) is 34.3 Å². The molecule has 1 heterocycles. The summed E-state index contributed by atoms with van der Waals surface area (Å²) in [7, 11) is 1.23. The molecule has 168 valence electrons. The van der Waals surface area contributed by atoms with Crippen molar-refractivity contribution in [2.45, 2.75) is 32.0 Å². The van der Waals surface area contributed by atoms with Gasteiger partial charge in [-0.3, -0.25) is 14.9 Å². The second-order valence-corrected chi connectivity index (χ2v) is 7.20. The van der Waals surface area contributed by atoms with Crippen molar-refractivity contribution in [3.05, 3.63) is 75.3 Å². The molecule has 1 aliphatic heterocycles. The Labute approximate surface area is 184 Å². The molecule has 0 fully saturated rings. The van der Waals surface area contributed by atoms with E-state index in [1.165, 1.54) is 30.2 Å². The highest BCUT2D eigenvalue weighted by atomic mass is 16.6. The first-order chi connectivity index (χ1) is 15.4. The Bertz CT molecular complexity index is 1010. The van der Waals surface area contributed by atoms with Gasteiger partial charge >= 0.3 is 12.1 Å². The number of hydrogen-bond acceptors (Lipinski definition) is 7. The van der Waals surface area contributed by atoms with Gasteiger partial charge in [-0.2, -0.15) is 0 Å². The molecular weight excluding hydrogens is 418 g/mol. The highest BCUT2D eigenvalue weighted by molar-refractivity contribution is 6.00. The number of esters is 1. The molecule has 2 aromatic carbocycles. The molecule has 32 heavy (non-hydrogen) atoms. The van der Waals surface area contributed by atoms with Crippen molar-refractivity contribution in [2.24, 2.45) is 0 Å². The summed E-state index contributed by atoms with van der Waals surface area (Å²) in [5, 5.41) is 13.6. The normalized spacial score (nSPS) is 13.3. The van der Waals surface area contributed by atoms with Crippen LogP contribution in [0.25, 0.3) is 0 Å². The van der Waals surface area contributed by atoms with Crippen LogP contribution >= 0.6 is 0 Å². The monoisotopic (exact) mass is 441 g/mol. The largest absolute Gasteiger partial charge is 0.467 e. The molecule has 0 saturated heterocycles. The average molecular weight is 441 g/mol. The number of carbonyl (C=O) groups is 3. The zero-order valence-corrected chi connectivity index (χ0v) is 17.5. The summed E-state index contributed by atoms with van der Waals surface area (Å²) < 4.78 is 9.98. The van der Waals surface area contributed by atoms with Crippen LogP contribution in [0.4, 0.5) is 10.5 Å². The van der Waals surface area contributed by atoms with E-state index < -0.39 is 23.0 Å². The Kier molecular flexibility index (Phi) is 7.37. The summed E-state index contributed by atoms with van der Waals surface area (Å²) in [6, 6.07) is 12.4. The van der Waals surface area contributed by atoms with E-state index in [1.807, 2.05) is 30.3 Å². The van der Waals surface area contributed by atoms with Crippen molar-refractivity contribution < 1.29 is 28.8 Å². The summed E-state index contributed by atoms with van der Waals surface area (Å²) in [4.78, 5) is 48.7. The lowest BCUT2D eigenvalue weighted by Gasteiger charge is -2.25. The molecule has 0 saturated carbocycles. The minimum atomic E-state index is -0.874. The molecule has 0 spiro atoms. The van der Waals surface area contributed by atoms with E-state index in [0.717, 1.165) is 5.56 Å². The predicted molar refractivity (Wildman–Crippen MR) is 113 cm³/mol. The van der Waals surface area contributed by atoms with Crippen LogP contribution in [0.5, 0.6) is 0 Å². The third-order valence-electron chi connectivity index (χ3n) is 5.12. The third-order valence-corrected chi connectivity index (χ3v) is 5.12. The molecule has 10 nitrogen and oxygen atoms in total. The molecule has 1 atom stereocenters. The van der Waals surface area contributed by atoms with E-state index in [2.05, 4.69) is 5.32 Å². The lowest BCUT2D eigenvalue weighted by molar-refractivity contribution is -0.384. The quantitative estimate of drug-likeness (QED) is 0.274. The van der Waals surface area contributed by atoms with Crippen LogP contribution in [-0.4, -0.2) is 47.5 Å². The Morgan fingerprint density at radius 2 is 1.97 bits per heavy atom. The van der Waals surface area contributed by atoms with E-state index in [1.54, 1.807) is 0 Å². The summed E-state index contributed by atoms with van der Waals surface area (Å²) >= 11 is 0. The molecule has 0 bridgehead atoms. The maximum absolute atomic E-state index is 12.8. The number of methoxy groups -OCH3 is 1. The molecule has 3 rings (SSSR count). The van der Waals surface area contributed by atoms with Crippen molar-refractivity contribution in [3.8, 4) is 0 Å². The highest BCUT2D eigenvalue weighted by Gasteiger charge is 2.37. The Morgan fingerprint density at radius 1 is 1.22 bits per heavy atom. The Balaban J connectivity index is 1.53. The maximum Gasteiger partial charge on any atom is 0.407 e. The third kappa shape index (κ3) is 5.39. The average Bonchev–Trinajstić information content (AvgIpc) is 3.13. The number of ether oxygens (including phenoxy) is 2. The van der Waals surface area contributed by atoms with Gasteiger partial charge < -0.3 is 19.7 Å². The molecule has 1 aliphatic rings. The molecule has 1 N–H and O–H groups in total. The van der Waals surface area contributed by atoms with Crippen molar-refractivity contribution in [1.29, 1.82) is 0 Å². The number of carbonyl (C=O) groups excluding carboxylic acids is 3. The van der Waals surface area contributed by atoms with Gasteiger partial charge in [0.15, 0.2) is 0 Å². The van der Waals surface area contributed by atoms with Gasteiger partial charge in [0, 0.05) is 30.8 Å². The number of nitro groups is 1. The van der Waals surface area contributed by atoms with Gasteiger partial charge in [-0.15, -0.1) is 0 Å². The fourth-order valence-corrected chi connectivity index (χ4v) is 3.49. The van der Waals surface area contributed by atoms with Crippen LogP contribution < -0.4 is 5.32 Å². The Hall–Kier alpha value is -3.95. The van der Waals surface area contributed by atoms with Gasteiger partial charge in [0.1, 0.15) is 12.6 Å². The summed E-state index contributed by atoms with van der Waals surface area (Å²) in [5.74, 6) is -0.979. The van der Waals surface area contributed by atoms with Gasteiger partial charge in [-0.25, -0.2) is 9.59 Å². The number of amides is 2.